The number of benzene rings is 3. The minimum Gasteiger partial charge on any atom is -0.352 e. The zero-order valence-corrected chi connectivity index (χ0v) is 17.7. The number of hydrogen-bond acceptors (Lipinski definition) is 2. The van der Waals surface area contributed by atoms with Gasteiger partial charge in [-0.3, -0.25) is 9.59 Å². The molecule has 1 heterocycles. The lowest BCUT2D eigenvalue weighted by atomic mass is 9.95. The Labute approximate surface area is 188 Å². The first kappa shape index (κ1) is 22.8. The summed E-state index contributed by atoms with van der Waals surface area (Å²) in [5, 5.41) is 4.30. The lowest BCUT2D eigenvalue weighted by Gasteiger charge is -2.32. The number of amides is 2. The van der Waals surface area contributed by atoms with Gasteiger partial charge in [0.2, 0.25) is 5.91 Å². The van der Waals surface area contributed by atoms with Crippen LogP contribution in [0.3, 0.4) is 0 Å². The van der Waals surface area contributed by atoms with Gasteiger partial charge in [-0.25, -0.2) is 4.39 Å². The van der Waals surface area contributed by atoms with Crippen LogP contribution in [0.15, 0.2) is 60.7 Å². The molecule has 1 aliphatic heterocycles. The van der Waals surface area contributed by atoms with Crippen molar-refractivity contribution in [1.29, 1.82) is 0 Å². The number of piperidine rings is 1. The van der Waals surface area contributed by atoms with E-state index in [0.29, 0.717) is 31.0 Å². The Kier molecular flexibility index (Phi) is 6.35. The monoisotopic (exact) mass is 458 g/mol. The third kappa shape index (κ3) is 4.99. The van der Waals surface area contributed by atoms with Crippen LogP contribution in [-0.2, 0) is 17.5 Å². The zero-order valence-electron chi connectivity index (χ0n) is 17.7. The summed E-state index contributed by atoms with van der Waals surface area (Å²) < 4.78 is 52.9. The summed E-state index contributed by atoms with van der Waals surface area (Å²) in [6.45, 7) is 0.313. The van der Waals surface area contributed by atoms with Gasteiger partial charge in [0.1, 0.15) is 5.82 Å². The Balaban J connectivity index is 1.45. The van der Waals surface area contributed by atoms with E-state index in [2.05, 4.69) is 5.32 Å². The van der Waals surface area contributed by atoms with Gasteiger partial charge in [-0.1, -0.05) is 42.5 Å². The van der Waals surface area contributed by atoms with E-state index in [1.54, 1.807) is 11.0 Å². The van der Waals surface area contributed by atoms with Crippen LogP contribution < -0.4 is 5.32 Å². The lowest BCUT2D eigenvalue weighted by molar-refractivity contribution is -0.138. The van der Waals surface area contributed by atoms with Gasteiger partial charge in [-0.15, -0.1) is 0 Å². The second-order valence-electron chi connectivity index (χ2n) is 8.13. The van der Waals surface area contributed by atoms with E-state index >= 15 is 0 Å². The van der Waals surface area contributed by atoms with Crippen molar-refractivity contribution in [3.63, 3.8) is 0 Å². The molecule has 1 aliphatic rings. The van der Waals surface area contributed by atoms with Gasteiger partial charge in [0.05, 0.1) is 11.5 Å². The van der Waals surface area contributed by atoms with Crippen molar-refractivity contribution >= 4 is 22.6 Å². The molecule has 1 N–H and O–H groups in total. The Morgan fingerprint density at radius 2 is 1.79 bits per heavy atom. The third-order valence-corrected chi connectivity index (χ3v) is 5.93. The number of nitrogens with zero attached hydrogens (tertiary/aromatic N) is 1. The van der Waals surface area contributed by atoms with Crippen molar-refractivity contribution < 1.29 is 27.2 Å². The zero-order chi connectivity index (χ0) is 23.6. The van der Waals surface area contributed by atoms with Crippen molar-refractivity contribution in [3.8, 4) is 0 Å². The molecular formula is C25H22F4N2O2. The number of nitrogens with one attached hydrogen (secondary N) is 1. The minimum absolute atomic E-state index is 0.179. The summed E-state index contributed by atoms with van der Waals surface area (Å²) in [4.78, 5) is 27.5. The molecule has 0 aliphatic carbocycles. The maximum Gasteiger partial charge on any atom is 0.416 e. The van der Waals surface area contributed by atoms with E-state index in [-0.39, 0.29) is 24.6 Å². The molecule has 3 aromatic carbocycles. The Morgan fingerprint density at radius 1 is 1.03 bits per heavy atom. The normalized spacial score (nSPS) is 16.6. The highest BCUT2D eigenvalue weighted by atomic mass is 19.4. The van der Waals surface area contributed by atoms with E-state index < -0.39 is 29.4 Å². The van der Waals surface area contributed by atoms with Crippen LogP contribution in [0.5, 0.6) is 0 Å². The Hall–Kier alpha value is -3.42. The first-order valence-corrected chi connectivity index (χ1v) is 10.6. The molecule has 0 radical (unpaired) electrons. The maximum atomic E-state index is 13.3. The van der Waals surface area contributed by atoms with Gasteiger partial charge < -0.3 is 10.2 Å². The van der Waals surface area contributed by atoms with Gasteiger partial charge >= 0.3 is 6.18 Å². The van der Waals surface area contributed by atoms with Crippen LogP contribution in [0.4, 0.5) is 17.6 Å². The molecule has 1 unspecified atom stereocenters. The van der Waals surface area contributed by atoms with Gasteiger partial charge in [-0.05, 0) is 47.4 Å². The summed E-state index contributed by atoms with van der Waals surface area (Å²) in [6.07, 6.45) is -3.59. The summed E-state index contributed by atoms with van der Waals surface area (Å²) >= 11 is 0. The molecule has 3 aromatic rings. The molecule has 33 heavy (non-hydrogen) atoms. The van der Waals surface area contributed by atoms with Gasteiger partial charge in [0.25, 0.3) is 5.91 Å². The number of likely N-dealkylation sites (tertiary alicyclic amines) is 1. The van der Waals surface area contributed by atoms with Crippen LogP contribution in [0.1, 0.15) is 34.3 Å². The lowest BCUT2D eigenvalue weighted by Crippen LogP contribution is -2.45. The van der Waals surface area contributed by atoms with Crippen molar-refractivity contribution in [1.82, 2.24) is 10.2 Å². The minimum atomic E-state index is -4.73. The van der Waals surface area contributed by atoms with E-state index in [9.17, 15) is 27.2 Å². The molecule has 172 valence electrons. The van der Waals surface area contributed by atoms with Gasteiger partial charge in [0, 0.05) is 25.2 Å². The fourth-order valence-corrected chi connectivity index (χ4v) is 4.25. The third-order valence-electron chi connectivity index (χ3n) is 5.93. The maximum absolute atomic E-state index is 13.3. The van der Waals surface area contributed by atoms with Crippen LogP contribution in [0.25, 0.3) is 10.8 Å². The topological polar surface area (TPSA) is 49.4 Å². The Bertz CT molecular complexity index is 1190. The van der Waals surface area contributed by atoms with E-state index in [0.717, 1.165) is 22.9 Å². The fraction of sp³-hybridized carbons (Fsp3) is 0.280. The number of carbonyl (C=O) groups is 2. The van der Waals surface area contributed by atoms with E-state index in [1.165, 1.54) is 0 Å². The van der Waals surface area contributed by atoms with Gasteiger partial charge in [0.15, 0.2) is 0 Å². The van der Waals surface area contributed by atoms with Crippen molar-refractivity contribution in [2.45, 2.75) is 25.6 Å². The number of carbonyl (C=O) groups excluding carboxylic acids is 2. The number of halogens is 4. The summed E-state index contributed by atoms with van der Waals surface area (Å²) in [7, 11) is 0. The number of fused-ring (bicyclic) bond motifs is 1. The second kappa shape index (κ2) is 9.21. The first-order chi connectivity index (χ1) is 15.7. The smallest absolute Gasteiger partial charge is 0.352 e. The van der Waals surface area contributed by atoms with E-state index in [1.807, 2.05) is 36.4 Å². The summed E-state index contributed by atoms with van der Waals surface area (Å²) in [5.41, 5.74) is -0.772. The van der Waals surface area contributed by atoms with Gasteiger partial charge in [-0.2, -0.15) is 13.2 Å². The molecular weight excluding hydrogens is 436 g/mol. The predicted molar refractivity (Wildman–Crippen MR) is 116 cm³/mol. The highest BCUT2D eigenvalue weighted by molar-refractivity contribution is 6.07. The molecule has 0 aromatic heterocycles. The van der Waals surface area contributed by atoms with Crippen LogP contribution in [0.2, 0.25) is 0 Å². The largest absolute Gasteiger partial charge is 0.416 e. The molecule has 2 amide bonds. The molecule has 0 saturated carbocycles. The molecule has 4 nitrogen and oxygen atoms in total. The quantitative estimate of drug-likeness (QED) is 0.549. The summed E-state index contributed by atoms with van der Waals surface area (Å²) in [6, 6.07) is 15.4. The molecule has 1 atom stereocenters. The summed E-state index contributed by atoms with van der Waals surface area (Å²) in [5.74, 6) is -2.13. The van der Waals surface area contributed by atoms with Crippen molar-refractivity contribution in [2.24, 2.45) is 5.92 Å². The molecule has 1 fully saturated rings. The number of hydrogen-bond donors (Lipinski definition) is 1. The van der Waals surface area contributed by atoms with Crippen molar-refractivity contribution in [3.05, 3.63) is 83.2 Å². The van der Waals surface area contributed by atoms with Crippen LogP contribution in [-0.4, -0.2) is 29.8 Å². The highest BCUT2D eigenvalue weighted by Crippen LogP contribution is 2.32. The molecule has 4 rings (SSSR count). The highest BCUT2D eigenvalue weighted by Gasteiger charge is 2.34. The number of rotatable bonds is 4. The molecule has 1 saturated heterocycles. The first-order valence-electron chi connectivity index (χ1n) is 10.6. The SMILES string of the molecule is O=C(NCc1ccc(F)cc1C(F)(F)F)C1CCCN(C(=O)c2cccc3ccccc23)C1. The van der Waals surface area contributed by atoms with E-state index in [4.69, 9.17) is 0 Å². The predicted octanol–water partition coefficient (Wildman–Crippen LogP) is 5.17. The number of alkyl halides is 3. The molecule has 8 heteroatoms. The van der Waals surface area contributed by atoms with Crippen molar-refractivity contribution in [2.75, 3.05) is 13.1 Å². The average molecular weight is 458 g/mol. The Morgan fingerprint density at radius 3 is 2.58 bits per heavy atom. The second-order valence-corrected chi connectivity index (χ2v) is 8.13. The molecule has 0 spiro atoms. The fourth-order valence-electron chi connectivity index (χ4n) is 4.25. The average Bonchev–Trinajstić information content (AvgIpc) is 2.81. The van der Waals surface area contributed by atoms with Crippen LogP contribution in [0, 0.1) is 11.7 Å². The standard InChI is InChI=1S/C25H22F4N2O2/c26-19-11-10-17(22(13-19)25(27,28)29)14-30-23(32)18-7-4-12-31(15-18)24(33)21-9-3-6-16-5-1-2-8-20(16)21/h1-3,5-6,8-11,13,18H,4,7,12,14-15H2,(H,30,32). The molecule has 0 bridgehead atoms. The van der Waals surface area contributed by atoms with Crippen LogP contribution >= 0.6 is 0 Å².